The number of anilines is 2. The molecule has 0 spiro atoms. The molecule has 0 unspecified atom stereocenters. The molecule has 3 atom stereocenters. The molecule has 2 aromatic carbocycles. The number of benzene rings is 2. The molecular formula is C28H34FN5O7S. The molecule has 1 aliphatic heterocycles. The zero-order chi connectivity index (χ0) is 30.8. The van der Waals surface area contributed by atoms with Crippen LogP contribution in [0.2, 0.25) is 0 Å². The standard InChI is InChI=1S/C28H34FN5O7S/c1-16-13-34(17(2)15-35)27(36)23-12-22(32-42(38,39)26-18(3)31-41-19(26)4)10-11-24(23)40-25(16)14-33(5)28(37)30-21-8-6-20(29)7-9-21/h6-12,16-17,25,32,35H,13-15H2,1-5H3,(H,30,37)/t16-,17+,25+/m1/s1. The summed E-state index contributed by atoms with van der Waals surface area (Å²) >= 11 is 0. The van der Waals surface area contributed by atoms with Gasteiger partial charge in [0, 0.05) is 30.9 Å². The van der Waals surface area contributed by atoms with Crippen LogP contribution < -0.4 is 14.8 Å². The van der Waals surface area contributed by atoms with Crippen LogP contribution in [0, 0.1) is 25.6 Å². The van der Waals surface area contributed by atoms with Gasteiger partial charge in [-0.3, -0.25) is 9.52 Å². The second kappa shape index (κ2) is 12.4. The van der Waals surface area contributed by atoms with Gasteiger partial charge in [0.15, 0.2) is 10.7 Å². The van der Waals surface area contributed by atoms with E-state index in [1.165, 1.54) is 66.1 Å². The minimum atomic E-state index is -4.08. The molecule has 0 saturated carbocycles. The van der Waals surface area contributed by atoms with E-state index in [4.69, 9.17) is 9.26 Å². The Labute approximate surface area is 243 Å². The van der Waals surface area contributed by atoms with E-state index < -0.39 is 39.9 Å². The van der Waals surface area contributed by atoms with E-state index >= 15 is 0 Å². The van der Waals surface area contributed by atoms with Gasteiger partial charge >= 0.3 is 6.03 Å². The Morgan fingerprint density at radius 1 is 1.21 bits per heavy atom. The quantitative estimate of drug-likeness (QED) is 0.353. The number of aliphatic hydroxyl groups is 1. The number of sulfonamides is 1. The second-order valence-electron chi connectivity index (χ2n) is 10.4. The van der Waals surface area contributed by atoms with Crippen molar-refractivity contribution in [3.05, 3.63) is 65.3 Å². The summed E-state index contributed by atoms with van der Waals surface area (Å²) in [4.78, 5) is 29.4. The van der Waals surface area contributed by atoms with Crippen molar-refractivity contribution in [3.8, 4) is 5.75 Å². The molecule has 14 heteroatoms. The fourth-order valence-electron chi connectivity index (χ4n) is 4.67. The number of hydrogen-bond donors (Lipinski definition) is 3. The first-order valence-corrected chi connectivity index (χ1v) is 14.7. The summed E-state index contributed by atoms with van der Waals surface area (Å²) in [5.41, 5.74) is 0.816. The summed E-state index contributed by atoms with van der Waals surface area (Å²) < 4.78 is 53.2. The number of nitrogens with one attached hydrogen (secondary N) is 2. The number of ether oxygens (including phenoxy) is 1. The monoisotopic (exact) mass is 603 g/mol. The number of fused-ring (bicyclic) bond motifs is 1. The van der Waals surface area contributed by atoms with Crippen molar-refractivity contribution in [1.29, 1.82) is 0 Å². The molecule has 0 radical (unpaired) electrons. The highest BCUT2D eigenvalue weighted by Crippen LogP contribution is 2.32. The van der Waals surface area contributed by atoms with Crippen LogP contribution in [0.25, 0.3) is 0 Å². The van der Waals surface area contributed by atoms with Gasteiger partial charge in [0.1, 0.15) is 23.4 Å². The number of aromatic nitrogens is 1. The molecule has 1 aromatic heterocycles. The van der Waals surface area contributed by atoms with Crippen LogP contribution >= 0.6 is 0 Å². The van der Waals surface area contributed by atoms with Crippen LogP contribution in [0.15, 0.2) is 51.9 Å². The third-order valence-electron chi connectivity index (χ3n) is 7.05. The number of likely N-dealkylation sites (N-methyl/N-ethyl adjacent to an activating group) is 1. The molecule has 0 aliphatic carbocycles. The predicted octanol–water partition coefficient (Wildman–Crippen LogP) is 3.62. The molecule has 0 bridgehead atoms. The molecule has 3 amide bonds. The lowest BCUT2D eigenvalue weighted by atomic mass is 9.99. The number of urea groups is 1. The summed E-state index contributed by atoms with van der Waals surface area (Å²) in [6, 6.07) is 8.72. The number of hydrogen-bond acceptors (Lipinski definition) is 8. The van der Waals surface area contributed by atoms with Crippen LogP contribution in [-0.2, 0) is 10.0 Å². The SMILES string of the molecule is Cc1noc(C)c1S(=O)(=O)Nc1ccc2c(c1)C(=O)N([C@@H](C)CO)C[C@@H](C)[C@H](CN(C)C(=O)Nc1ccc(F)cc1)O2. The van der Waals surface area contributed by atoms with Crippen LogP contribution in [0.4, 0.5) is 20.6 Å². The number of carbonyl (C=O) groups excluding carboxylic acids is 2. The summed E-state index contributed by atoms with van der Waals surface area (Å²) in [6.45, 7) is 6.61. The first kappa shape index (κ1) is 30.8. The Bertz CT molecular complexity index is 1540. The van der Waals surface area contributed by atoms with Crippen molar-refractivity contribution in [3.63, 3.8) is 0 Å². The van der Waals surface area contributed by atoms with Crippen molar-refractivity contribution in [2.45, 2.75) is 44.7 Å². The van der Waals surface area contributed by atoms with E-state index in [2.05, 4.69) is 15.2 Å². The zero-order valence-electron chi connectivity index (χ0n) is 23.9. The van der Waals surface area contributed by atoms with Gasteiger partial charge in [-0.1, -0.05) is 12.1 Å². The van der Waals surface area contributed by atoms with E-state index in [9.17, 15) is 27.5 Å². The smallest absolute Gasteiger partial charge is 0.321 e. The molecule has 3 aromatic rings. The molecule has 3 N–H and O–H groups in total. The number of rotatable bonds is 8. The minimum absolute atomic E-state index is 0.0876. The van der Waals surface area contributed by atoms with Gasteiger partial charge < -0.3 is 29.5 Å². The maximum atomic E-state index is 13.7. The average molecular weight is 604 g/mol. The number of aliphatic hydroxyl groups excluding tert-OH is 1. The van der Waals surface area contributed by atoms with E-state index in [0.717, 1.165) is 0 Å². The Balaban J connectivity index is 1.62. The first-order chi connectivity index (χ1) is 19.8. The number of halogens is 1. The highest BCUT2D eigenvalue weighted by molar-refractivity contribution is 7.92. The van der Waals surface area contributed by atoms with E-state index in [0.29, 0.717) is 5.69 Å². The maximum absolute atomic E-state index is 13.7. The van der Waals surface area contributed by atoms with Gasteiger partial charge in [-0.2, -0.15) is 0 Å². The molecule has 42 heavy (non-hydrogen) atoms. The summed E-state index contributed by atoms with van der Waals surface area (Å²) in [6.07, 6.45) is -0.584. The number of amides is 3. The average Bonchev–Trinajstić information content (AvgIpc) is 3.29. The van der Waals surface area contributed by atoms with Crippen molar-refractivity contribution in [2.24, 2.45) is 5.92 Å². The molecular weight excluding hydrogens is 569 g/mol. The van der Waals surface area contributed by atoms with Crippen molar-refractivity contribution in [2.75, 3.05) is 36.8 Å². The van der Waals surface area contributed by atoms with Crippen molar-refractivity contribution >= 4 is 33.3 Å². The van der Waals surface area contributed by atoms with E-state index in [1.807, 2.05) is 6.92 Å². The Morgan fingerprint density at radius 3 is 2.50 bits per heavy atom. The molecule has 0 saturated heterocycles. The maximum Gasteiger partial charge on any atom is 0.321 e. The lowest BCUT2D eigenvalue weighted by molar-refractivity contribution is 0.0371. The Morgan fingerprint density at radius 2 is 1.88 bits per heavy atom. The van der Waals surface area contributed by atoms with Crippen LogP contribution in [0.1, 0.15) is 35.7 Å². The van der Waals surface area contributed by atoms with Crippen LogP contribution in [0.5, 0.6) is 5.75 Å². The van der Waals surface area contributed by atoms with E-state index in [-0.39, 0.29) is 59.0 Å². The molecule has 2 heterocycles. The molecule has 12 nitrogen and oxygen atoms in total. The first-order valence-electron chi connectivity index (χ1n) is 13.3. The lowest BCUT2D eigenvalue weighted by Crippen LogP contribution is -2.50. The van der Waals surface area contributed by atoms with Gasteiger partial charge in [-0.25, -0.2) is 17.6 Å². The number of nitrogens with zero attached hydrogens (tertiary/aromatic N) is 3. The van der Waals surface area contributed by atoms with Gasteiger partial charge in [-0.15, -0.1) is 0 Å². The summed E-state index contributed by atoms with van der Waals surface area (Å²) in [5.74, 6) is -0.822. The molecule has 0 fully saturated rings. The highest BCUT2D eigenvalue weighted by atomic mass is 32.2. The van der Waals surface area contributed by atoms with Gasteiger partial charge in [-0.05, 0) is 63.2 Å². The van der Waals surface area contributed by atoms with Crippen molar-refractivity contribution in [1.82, 2.24) is 15.0 Å². The van der Waals surface area contributed by atoms with Crippen molar-refractivity contribution < 1.29 is 36.8 Å². The fraction of sp³-hybridized carbons (Fsp3) is 0.393. The highest BCUT2D eigenvalue weighted by Gasteiger charge is 2.34. The third-order valence-corrected chi connectivity index (χ3v) is 8.67. The molecule has 1 aliphatic rings. The third kappa shape index (κ3) is 6.65. The number of aryl methyl sites for hydroxylation is 2. The Kier molecular flexibility index (Phi) is 9.06. The normalized spacial score (nSPS) is 17.9. The van der Waals surface area contributed by atoms with Crippen LogP contribution in [0.3, 0.4) is 0 Å². The molecule has 4 rings (SSSR count). The summed E-state index contributed by atoms with van der Waals surface area (Å²) in [7, 11) is -2.50. The second-order valence-corrected chi connectivity index (χ2v) is 12.0. The fourth-order valence-corrected chi connectivity index (χ4v) is 6.05. The van der Waals surface area contributed by atoms with Gasteiger partial charge in [0.25, 0.3) is 15.9 Å². The van der Waals surface area contributed by atoms with E-state index in [1.54, 1.807) is 14.0 Å². The predicted molar refractivity (Wildman–Crippen MR) is 152 cm³/mol. The molecule has 226 valence electrons. The topological polar surface area (TPSA) is 154 Å². The Hall–Kier alpha value is -4.17. The van der Waals surface area contributed by atoms with Crippen LogP contribution in [-0.4, -0.2) is 79.3 Å². The van der Waals surface area contributed by atoms with Gasteiger partial charge in [0.05, 0.1) is 24.8 Å². The lowest BCUT2D eigenvalue weighted by Gasteiger charge is -2.38. The largest absolute Gasteiger partial charge is 0.487 e. The summed E-state index contributed by atoms with van der Waals surface area (Å²) in [5, 5.41) is 16.3. The number of carbonyl (C=O) groups is 2. The van der Waals surface area contributed by atoms with Gasteiger partial charge in [0.2, 0.25) is 0 Å². The zero-order valence-corrected chi connectivity index (χ0v) is 24.7. The minimum Gasteiger partial charge on any atom is -0.487 e.